The van der Waals surface area contributed by atoms with E-state index in [9.17, 15) is 17.6 Å². The van der Waals surface area contributed by atoms with E-state index in [1.165, 1.54) is 25.1 Å². The second-order valence-electron chi connectivity index (χ2n) is 6.30. The van der Waals surface area contributed by atoms with Gasteiger partial charge in [-0.05, 0) is 42.3 Å². The molecule has 4 nitrogen and oxygen atoms in total. The van der Waals surface area contributed by atoms with Gasteiger partial charge in [-0.25, -0.2) is 12.8 Å². The third kappa shape index (κ3) is 4.46. The van der Waals surface area contributed by atoms with E-state index in [-0.39, 0.29) is 28.6 Å². The molecule has 0 spiro atoms. The molecule has 144 valence electrons. The molecule has 0 atom stereocenters. The largest absolute Gasteiger partial charge is 0.488 e. The number of carbonyl (C=O) groups excluding carboxylic acids is 1. The highest BCUT2D eigenvalue weighted by Gasteiger charge is 2.18. The van der Waals surface area contributed by atoms with Gasteiger partial charge in [-0.2, -0.15) is 0 Å². The Labute approximate surface area is 163 Å². The van der Waals surface area contributed by atoms with Crippen LogP contribution >= 0.6 is 0 Å². The number of sulfone groups is 1. The second kappa shape index (κ2) is 8.35. The smallest absolute Gasteiger partial charge is 0.182 e. The summed E-state index contributed by atoms with van der Waals surface area (Å²) in [6.45, 7) is 1.29. The molecule has 0 bridgehead atoms. The second-order valence-corrected chi connectivity index (χ2v) is 8.29. The zero-order chi connectivity index (χ0) is 20.1. The van der Waals surface area contributed by atoms with Crippen LogP contribution in [-0.4, -0.2) is 14.2 Å². The van der Waals surface area contributed by atoms with Crippen LogP contribution in [0.2, 0.25) is 0 Å². The third-order valence-corrected chi connectivity index (χ3v) is 5.96. The molecule has 0 fully saturated rings. The molecule has 28 heavy (non-hydrogen) atoms. The van der Waals surface area contributed by atoms with Crippen LogP contribution in [-0.2, 0) is 22.2 Å². The lowest BCUT2D eigenvalue weighted by atomic mass is 10.1. The molecule has 0 aliphatic heterocycles. The Balaban J connectivity index is 1.85. The standard InChI is InChI=1S/C22H19FO4S/c1-16(24)22-20(23)12-7-13-21(22)27-14-17-8-5-6-9-18(17)15-28(25,26)19-10-3-2-4-11-19/h2-13H,14-15H2,1H3. The molecule has 0 unspecified atom stereocenters. The van der Waals surface area contributed by atoms with Gasteiger partial charge in [-0.3, -0.25) is 4.79 Å². The molecule has 0 aliphatic rings. The van der Waals surface area contributed by atoms with Crippen LogP contribution in [0.1, 0.15) is 28.4 Å². The van der Waals surface area contributed by atoms with Crippen LogP contribution in [0, 0.1) is 5.82 Å². The highest BCUT2D eigenvalue weighted by molar-refractivity contribution is 7.90. The van der Waals surface area contributed by atoms with E-state index in [1.807, 2.05) is 0 Å². The number of hydrogen-bond acceptors (Lipinski definition) is 4. The molecule has 0 amide bonds. The van der Waals surface area contributed by atoms with E-state index in [4.69, 9.17) is 4.74 Å². The van der Waals surface area contributed by atoms with Crippen molar-refractivity contribution in [2.24, 2.45) is 0 Å². The maximum absolute atomic E-state index is 13.9. The van der Waals surface area contributed by atoms with E-state index in [2.05, 4.69) is 0 Å². The maximum atomic E-state index is 13.9. The van der Waals surface area contributed by atoms with Crippen molar-refractivity contribution in [3.8, 4) is 5.75 Å². The predicted molar refractivity (Wildman–Crippen MR) is 105 cm³/mol. The van der Waals surface area contributed by atoms with Crippen molar-refractivity contribution in [3.63, 3.8) is 0 Å². The minimum atomic E-state index is -3.52. The fraction of sp³-hybridized carbons (Fsp3) is 0.136. The van der Waals surface area contributed by atoms with Gasteiger partial charge < -0.3 is 4.74 Å². The van der Waals surface area contributed by atoms with Crippen molar-refractivity contribution in [2.75, 3.05) is 0 Å². The molecule has 0 aromatic heterocycles. The Bertz CT molecular complexity index is 1090. The van der Waals surface area contributed by atoms with Gasteiger partial charge in [0, 0.05) is 0 Å². The summed E-state index contributed by atoms with van der Waals surface area (Å²) in [6, 6.07) is 19.4. The minimum Gasteiger partial charge on any atom is -0.488 e. The van der Waals surface area contributed by atoms with Gasteiger partial charge in [-0.15, -0.1) is 0 Å². The monoisotopic (exact) mass is 398 g/mol. The van der Waals surface area contributed by atoms with Gasteiger partial charge in [0.1, 0.15) is 18.2 Å². The topological polar surface area (TPSA) is 60.4 Å². The van der Waals surface area contributed by atoms with Gasteiger partial charge in [0.15, 0.2) is 15.6 Å². The summed E-state index contributed by atoms with van der Waals surface area (Å²) in [5.74, 6) is -1.13. The van der Waals surface area contributed by atoms with Gasteiger partial charge in [0.25, 0.3) is 0 Å². The lowest BCUT2D eigenvalue weighted by Gasteiger charge is -2.13. The van der Waals surface area contributed by atoms with E-state index in [0.717, 1.165) is 0 Å². The van der Waals surface area contributed by atoms with E-state index < -0.39 is 21.4 Å². The molecule has 0 N–H and O–H groups in total. The van der Waals surface area contributed by atoms with E-state index >= 15 is 0 Å². The zero-order valence-corrected chi connectivity index (χ0v) is 16.1. The van der Waals surface area contributed by atoms with Gasteiger partial charge in [-0.1, -0.05) is 48.5 Å². The summed E-state index contributed by atoms with van der Waals surface area (Å²) >= 11 is 0. The number of hydrogen-bond donors (Lipinski definition) is 0. The first-order valence-corrected chi connectivity index (χ1v) is 10.3. The molecule has 0 heterocycles. The van der Waals surface area contributed by atoms with Crippen LogP contribution in [0.5, 0.6) is 5.75 Å². The van der Waals surface area contributed by atoms with Crippen LogP contribution in [0.25, 0.3) is 0 Å². The zero-order valence-electron chi connectivity index (χ0n) is 15.3. The highest BCUT2D eigenvalue weighted by atomic mass is 32.2. The number of Topliss-reactive ketones (excluding diaryl/α,β-unsaturated/α-hetero) is 1. The third-order valence-electron chi connectivity index (χ3n) is 4.28. The van der Waals surface area contributed by atoms with E-state index in [0.29, 0.717) is 11.1 Å². The van der Waals surface area contributed by atoms with Crippen molar-refractivity contribution < 1.29 is 22.3 Å². The number of rotatable bonds is 7. The molecular formula is C22H19FO4S. The average Bonchev–Trinajstić information content (AvgIpc) is 2.67. The number of halogens is 1. The van der Waals surface area contributed by atoms with Crippen molar-refractivity contribution in [1.82, 2.24) is 0 Å². The van der Waals surface area contributed by atoms with Crippen LogP contribution in [0.4, 0.5) is 4.39 Å². The summed E-state index contributed by atoms with van der Waals surface area (Å²) in [7, 11) is -3.52. The van der Waals surface area contributed by atoms with E-state index in [1.54, 1.807) is 54.6 Å². The molecule has 0 saturated heterocycles. The Morgan fingerprint density at radius 1 is 0.893 bits per heavy atom. The van der Waals surface area contributed by atoms with Gasteiger partial charge in [0.2, 0.25) is 0 Å². The predicted octanol–water partition coefficient (Wildman–Crippen LogP) is 4.58. The molecule has 3 aromatic carbocycles. The number of ketones is 1. The Morgan fingerprint density at radius 2 is 1.54 bits per heavy atom. The first-order valence-electron chi connectivity index (χ1n) is 8.65. The molecule has 0 radical (unpaired) electrons. The minimum absolute atomic E-state index is 0.0181. The summed E-state index contributed by atoms with van der Waals surface area (Å²) in [4.78, 5) is 12.0. The van der Waals surface area contributed by atoms with Crippen molar-refractivity contribution >= 4 is 15.6 Å². The number of carbonyl (C=O) groups is 1. The fourth-order valence-corrected chi connectivity index (χ4v) is 4.31. The fourth-order valence-electron chi connectivity index (χ4n) is 2.88. The van der Waals surface area contributed by atoms with Crippen molar-refractivity contribution in [2.45, 2.75) is 24.2 Å². The lowest BCUT2D eigenvalue weighted by Crippen LogP contribution is -2.09. The van der Waals surface area contributed by atoms with Crippen LogP contribution < -0.4 is 4.74 Å². The normalized spacial score (nSPS) is 11.2. The van der Waals surface area contributed by atoms with Crippen molar-refractivity contribution in [1.29, 1.82) is 0 Å². The first-order chi connectivity index (χ1) is 13.4. The number of ether oxygens (including phenoxy) is 1. The average molecular weight is 398 g/mol. The molecule has 0 aliphatic carbocycles. The highest BCUT2D eigenvalue weighted by Crippen LogP contribution is 2.25. The van der Waals surface area contributed by atoms with Crippen LogP contribution in [0.3, 0.4) is 0 Å². The molecular weight excluding hydrogens is 379 g/mol. The molecule has 3 aromatic rings. The Kier molecular flexibility index (Phi) is 5.90. The Hall–Kier alpha value is -2.99. The summed E-state index contributed by atoms with van der Waals surface area (Å²) < 4.78 is 45.0. The first kappa shape index (κ1) is 19.8. The van der Waals surface area contributed by atoms with Gasteiger partial charge in [0.05, 0.1) is 16.2 Å². The van der Waals surface area contributed by atoms with Crippen molar-refractivity contribution in [3.05, 3.63) is 95.3 Å². The SMILES string of the molecule is CC(=O)c1c(F)cccc1OCc1ccccc1CS(=O)(=O)c1ccccc1. The maximum Gasteiger partial charge on any atom is 0.182 e. The van der Waals surface area contributed by atoms with Gasteiger partial charge >= 0.3 is 0 Å². The molecule has 0 saturated carbocycles. The Morgan fingerprint density at radius 3 is 2.21 bits per heavy atom. The molecule has 3 rings (SSSR count). The quantitative estimate of drug-likeness (QED) is 0.547. The summed E-state index contributed by atoms with van der Waals surface area (Å²) in [5.41, 5.74) is 1.13. The number of benzene rings is 3. The molecule has 6 heteroatoms. The summed E-state index contributed by atoms with van der Waals surface area (Å²) in [6.07, 6.45) is 0. The summed E-state index contributed by atoms with van der Waals surface area (Å²) in [5, 5.41) is 0. The van der Waals surface area contributed by atoms with Crippen LogP contribution in [0.15, 0.2) is 77.7 Å². The lowest BCUT2D eigenvalue weighted by molar-refractivity contribution is 0.100.